The van der Waals surface area contributed by atoms with E-state index in [4.69, 9.17) is 4.74 Å². The number of hydrogen-bond donors (Lipinski definition) is 1. The zero-order chi connectivity index (χ0) is 21.2. The van der Waals surface area contributed by atoms with Gasteiger partial charge in [0.15, 0.2) is 0 Å². The molecule has 2 aromatic carbocycles. The van der Waals surface area contributed by atoms with Gasteiger partial charge in [-0.15, -0.1) is 0 Å². The van der Waals surface area contributed by atoms with Crippen molar-refractivity contribution < 1.29 is 9.53 Å². The number of fused-ring (bicyclic) bond motifs is 1. The number of piperidine rings is 1. The number of ether oxygens (including phenoxy) is 1. The third-order valence-corrected chi connectivity index (χ3v) is 6.48. The lowest BCUT2D eigenvalue weighted by Gasteiger charge is -2.41. The van der Waals surface area contributed by atoms with Gasteiger partial charge in [-0.25, -0.2) is 4.98 Å². The number of rotatable bonds is 4. The van der Waals surface area contributed by atoms with Crippen LogP contribution >= 0.6 is 0 Å². The molecule has 2 aliphatic heterocycles. The molecule has 2 saturated heterocycles. The SMILES string of the molecule is C[C@@H](c1ccccc1-c1ccccc1)n1cncc1C(=O)N1CC[C@@H]2NCCO[C@H]2C1. The molecule has 0 bridgehead atoms. The Balaban J connectivity index is 1.41. The molecule has 3 heterocycles. The molecule has 6 heteroatoms. The molecule has 6 nitrogen and oxygen atoms in total. The van der Waals surface area contributed by atoms with E-state index in [9.17, 15) is 4.79 Å². The average molecular weight is 417 g/mol. The molecule has 1 aromatic heterocycles. The Hall–Kier alpha value is -2.96. The lowest BCUT2D eigenvalue weighted by molar-refractivity contribution is -0.0417. The van der Waals surface area contributed by atoms with Crippen LogP contribution in [0.2, 0.25) is 0 Å². The van der Waals surface area contributed by atoms with Crippen LogP contribution in [0.25, 0.3) is 11.1 Å². The molecule has 0 spiro atoms. The van der Waals surface area contributed by atoms with E-state index < -0.39 is 0 Å². The predicted molar refractivity (Wildman–Crippen MR) is 120 cm³/mol. The normalized spacial score (nSPS) is 22.0. The van der Waals surface area contributed by atoms with Crippen LogP contribution in [0.5, 0.6) is 0 Å². The van der Waals surface area contributed by atoms with Crippen molar-refractivity contribution >= 4 is 5.91 Å². The van der Waals surface area contributed by atoms with Crippen molar-refractivity contribution in [2.75, 3.05) is 26.2 Å². The third-order valence-electron chi connectivity index (χ3n) is 6.48. The summed E-state index contributed by atoms with van der Waals surface area (Å²) in [6.45, 7) is 5.07. The summed E-state index contributed by atoms with van der Waals surface area (Å²) in [6, 6.07) is 19.1. The van der Waals surface area contributed by atoms with Crippen LogP contribution in [-0.4, -0.2) is 58.7 Å². The highest BCUT2D eigenvalue weighted by atomic mass is 16.5. The van der Waals surface area contributed by atoms with Crippen LogP contribution in [0.1, 0.15) is 35.4 Å². The minimum atomic E-state index is -0.0250. The van der Waals surface area contributed by atoms with Gasteiger partial charge in [0, 0.05) is 25.7 Å². The van der Waals surface area contributed by atoms with Crippen LogP contribution in [0.4, 0.5) is 0 Å². The molecule has 0 radical (unpaired) electrons. The minimum Gasteiger partial charge on any atom is -0.373 e. The summed E-state index contributed by atoms with van der Waals surface area (Å²) in [7, 11) is 0. The largest absolute Gasteiger partial charge is 0.373 e. The number of aromatic nitrogens is 2. The van der Waals surface area contributed by atoms with E-state index in [1.807, 2.05) is 15.5 Å². The van der Waals surface area contributed by atoms with E-state index >= 15 is 0 Å². The Morgan fingerprint density at radius 2 is 1.97 bits per heavy atom. The summed E-state index contributed by atoms with van der Waals surface area (Å²) < 4.78 is 7.91. The number of carbonyl (C=O) groups excluding carboxylic acids is 1. The average Bonchev–Trinajstić information content (AvgIpc) is 3.33. The quantitative estimate of drug-likeness (QED) is 0.709. The molecule has 31 heavy (non-hydrogen) atoms. The van der Waals surface area contributed by atoms with Crippen molar-refractivity contribution in [1.29, 1.82) is 0 Å². The fourth-order valence-electron chi connectivity index (χ4n) is 4.79. The fraction of sp³-hybridized carbons (Fsp3) is 0.360. The zero-order valence-electron chi connectivity index (χ0n) is 17.8. The van der Waals surface area contributed by atoms with Crippen molar-refractivity contribution in [1.82, 2.24) is 19.8 Å². The second-order valence-electron chi connectivity index (χ2n) is 8.33. The van der Waals surface area contributed by atoms with Crippen LogP contribution in [0, 0.1) is 0 Å². The second-order valence-corrected chi connectivity index (χ2v) is 8.33. The fourth-order valence-corrected chi connectivity index (χ4v) is 4.79. The third kappa shape index (κ3) is 3.89. The molecule has 2 fully saturated rings. The molecular weight excluding hydrogens is 388 g/mol. The van der Waals surface area contributed by atoms with Gasteiger partial charge in [-0.3, -0.25) is 4.79 Å². The van der Waals surface area contributed by atoms with Crippen molar-refractivity contribution in [2.45, 2.75) is 31.5 Å². The number of imidazole rings is 1. The molecule has 0 aliphatic carbocycles. The number of nitrogens with zero attached hydrogens (tertiary/aromatic N) is 3. The van der Waals surface area contributed by atoms with Crippen molar-refractivity contribution in [3.8, 4) is 11.1 Å². The van der Waals surface area contributed by atoms with Gasteiger partial charge in [-0.2, -0.15) is 0 Å². The number of benzene rings is 2. The standard InChI is InChI=1S/C25H28N4O2/c1-18(20-9-5-6-10-21(20)19-7-3-2-4-8-19)29-17-26-15-23(29)25(30)28-13-11-22-24(16-28)31-14-12-27-22/h2-10,15,17-18,22,24,27H,11-14,16H2,1H3/t18-,22-,24-/m0/s1. The van der Waals surface area contributed by atoms with Gasteiger partial charge in [0.05, 0.1) is 31.3 Å². The molecular formula is C25H28N4O2. The molecule has 2 aliphatic rings. The minimum absolute atomic E-state index is 0.0224. The molecule has 1 N–H and O–H groups in total. The first-order valence-electron chi connectivity index (χ1n) is 11.0. The summed E-state index contributed by atoms with van der Waals surface area (Å²) in [4.78, 5) is 19.7. The van der Waals surface area contributed by atoms with Crippen molar-refractivity contribution in [3.63, 3.8) is 0 Å². The number of amides is 1. The lowest BCUT2D eigenvalue weighted by atomic mass is 9.95. The lowest BCUT2D eigenvalue weighted by Crippen LogP contribution is -2.58. The Labute approximate surface area is 182 Å². The van der Waals surface area contributed by atoms with E-state index in [1.54, 1.807) is 12.5 Å². The summed E-state index contributed by atoms with van der Waals surface area (Å²) in [5.41, 5.74) is 4.13. The maximum atomic E-state index is 13.4. The summed E-state index contributed by atoms with van der Waals surface area (Å²) >= 11 is 0. The van der Waals surface area contributed by atoms with Crippen LogP contribution in [0.15, 0.2) is 67.1 Å². The Bertz CT molecular complexity index is 1050. The Morgan fingerprint density at radius 1 is 1.16 bits per heavy atom. The number of morpholine rings is 1. The van der Waals surface area contributed by atoms with E-state index in [0.717, 1.165) is 19.5 Å². The first-order chi connectivity index (χ1) is 15.2. The monoisotopic (exact) mass is 416 g/mol. The highest BCUT2D eigenvalue weighted by Crippen LogP contribution is 2.31. The van der Waals surface area contributed by atoms with Crippen molar-refractivity contribution in [2.24, 2.45) is 0 Å². The second kappa shape index (κ2) is 8.65. The smallest absolute Gasteiger partial charge is 0.272 e. The first kappa shape index (κ1) is 20.0. The molecule has 3 atom stereocenters. The zero-order valence-corrected chi connectivity index (χ0v) is 17.8. The topological polar surface area (TPSA) is 59.4 Å². The molecule has 5 rings (SSSR count). The Morgan fingerprint density at radius 3 is 2.84 bits per heavy atom. The highest BCUT2D eigenvalue weighted by Gasteiger charge is 2.35. The van der Waals surface area contributed by atoms with Gasteiger partial charge in [0.2, 0.25) is 0 Å². The molecule has 1 amide bonds. The van der Waals surface area contributed by atoms with Crippen LogP contribution in [0.3, 0.4) is 0 Å². The first-order valence-corrected chi connectivity index (χ1v) is 11.0. The molecule has 0 saturated carbocycles. The van der Waals surface area contributed by atoms with E-state index in [1.165, 1.54) is 16.7 Å². The summed E-state index contributed by atoms with van der Waals surface area (Å²) in [5.74, 6) is 0.0224. The molecule has 0 unspecified atom stereocenters. The number of carbonyl (C=O) groups is 1. The number of hydrogen-bond acceptors (Lipinski definition) is 4. The summed E-state index contributed by atoms with van der Waals surface area (Å²) in [5, 5.41) is 3.51. The van der Waals surface area contributed by atoms with Gasteiger partial charge < -0.3 is 19.5 Å². The van der Waals surface area contributed by atoms with Crippen LogP contribution in [-0.2, 0) is 4.74 Å². The van der Waals surface area contributed by atoms with Gasteiger partial charge in [-0.1, -0.05) is 54.6 Å². The van der Waals surface area contributed by atoms with Crippen molar-refractivity contribution in [3.05, 3.63) is 78.4 Å². The predicted octanol–water partition coefficient (Wildman–Crippen LogP) is 3.36. The van der Waals surface area contributed by atoms with Gasteiger partial charge >= 0.3 is 0 Å². The van der Waals surface area contributed by atoms with E-state index in [-0.39, 0.29) is 18.1 Å². The number of likely N-dealkylation sites (tertiary alicyclic amines) is 1. The van der Waals surface area contributed by atoms with E-state index in [2.05, 4.69) is 65.8 Å². The van der Waals surface area contributed by atoms with Gasteiger partial charge in [-0.05, 0) is 30.0 Å². The number of nitrogens with one attached hydrogen (secondary N) is 1. The summed E-state index contributed by atoms with van der Waals surface area (Å²) in [6.07, 6.45) is 4.44. The van der Waals surface area contributed by atoms with E-state index in [0.29, 0.717) is 24.9 Å². The molecule has 3 aromatic rings. The maximum absolute atomic E-state index is 13.4. The van der Waals surface area contributed by atoms with Gasteiger partial charge in [0.25, 0.3) is 5.91 Å². The molecule has 160 valence electrons. The van der Waals surface area contributed by atoms with Gasteiger partial charge in [0.1, 0.15) is 5.69 Å². The maximum Gasteiger partial charge on any atom is 0.272 e. The van der Waals surface area contributed by atoms with Crippen LogP contribution < -0.4 is 5.32 Å². The highest BCUT2D eigenvalue weighted by molar-refractivity contribution is 5.92. The Kier molecular flexibility index (Phi) is 5.57.